The molecule has 0 atom stereocenters. The molecule has 7 heteroatoms. The molecule has 0 bridgehead atoms. The van der Waals surface area contributed by atoms with Crippen LogP contribution in [0.1, 0.15) is 16.1 Å². The van der Waals surface area contributed by atoms with Gasteiger partial charge in [0.2, 0.25) is 0 Å². The zero-order valence-electron chi connectivity index (χ0n) is 9.93. The number of carbonyl (C=O) groups excluding carboxylic acids is 1. The van der Waals surface area contributed by atoms with Crippen molar-refractivity contribution in [2.45, 2.75) is 6.54 Å². The van der Waals surface area contributed by atoms with Crippen LogP contribution in [0.2, 0.25) is 0 Å². The number of hydrogen-bond acceptors (Lipinski definition) is 5. The molecule has 0 aliphatic rings. The molecular weight excluding hydrogens is 310 g/mol. The van der Waals surface area contributed by atoms with E-state index >= 15 is 0 Å². The molecule has 6 nitrogen and oxygen atoms in total. The van der Waals surface area contributed by atoms with Crippen LogP contribution in [0, 0.1) is 0 Å². The van der Waals surface area contributed by atoms with E-state index in [2.05, 4.69) is 36.6 Å². The minimum atomic E-state index is -0.281. The van der Waals surface area contributed by atoms with Crippen molar-refractivity contribution < 1.29 is 4.79 Å². The van der Waals surface area contributed by atoms with Crippen molar-refractivity contribution in [1.29, 1.82) is 0 Å². The second kappa shape index (κ2) is 6.26. The zero-order chi connectivity index (χ0) is 13.7. The van der Waals surface area contributed by atoms with Crippen molar-refractivity contribution in [1.82, 2.24) is 15.3 Å². The van der Waals surface area contributed by atoms with Gasteiger partial charge in [-0.2, -0.15) is 0 Å². The first-order valence-electron chi connectivity index (χ1n) is 5.50. The summed E-state index contributed by atoms with van der Waals surface area (Å²) < 4.78 is 0.970. The maximum absolute atomic E-state index is 11.8. The lowest BCUT2D eigenvalue weighted by Crippen LogP contribution is -2.24. The Morgan fingerprint density at radius 3 is 2.79 bits per heavy atom. The van der Waals surface area contributed by atoms with Crippen molar-refractivity contribution >= 4 is 27.7 Å². The Balaban J connectivity index is 1.97. The van der Waals surface area contributed by atoms with Gasteiger partial charge < -0.3 is 10.7 Å². The highest BCUT2D eigenvalue weighted by molar-refractivity contribution is 9.10. The van der Waals surface area contributed by atoms with Crippen molar-refractivity contribution in [3.05, 3.63) is 52.4 Å². The van der Waals surface area contributed by atoms with E-state index in [0.717, 1.165) is 10.0 Å². The molecule has 1 aromatic heterocycles. The molecule has 0 aliphatic carbocycles. The predicted molar refractivity (Wildman–Crippen MR) is 75.2 cm³/mol. The van der Waals surface area contributed by atoms with Gasteiger partial charge in [-0.25, -0.2) is 15.8 Å². The third-order valence-corrected chi connectivity index (χ3v) is 2.87. The van der Waals surface area contributed by atoms with Crippen LogP contribution in [-0.4, -0.2) is 15.9 Å². The summed E-state index contributed by atoms with van der Waals surface area (Å²) >= 11 is 3.38. The third kappa shape index (κ3) is 3.73. The number of hydrogen-bond donors (Lipinski definition) is 3. The topological polar surface area (TPSA) is 92.9 Å². The van der Waals surface area contributed by atoms with E-state index in [0.29, 0.717) is 12.4 Å². The minimum absolute atomic E-state index is 0.244. The summed E-state index contributed by atoms with van der Waals surface area (Å²) in [6.45, 7) is 0.427. The average Bonchev–Trinajstić information content (AvgIpc) is 2.45. The van der Waals surface area contributed by atoms with E-state index < -0.39 is 0 Å². The van der Waals surface area contributed by atoms with Gasteiger partial charge >= 0.3 is 0 Å². The number of nitrogens with zero attached hydrogens (tertiary/aromatic N) is 2. The van der Waals surface area contributed by atoms with Gasteiger partial charge in [-0.15, -0.1) is 0 Å². The van der Waals surface area contributed by atoms with E-state index in [1.165, 1.54) is 12.4 Å². The molecule has 1 amide bonds. The number of amides is 1. The number of nitrogens with two attached hydrogens (primary N) is 1. The second-order valence-electron chi connectivity index (χ2n) is 3.74. The number of benzene rings is 1. The summed E-state index contributed by atoms with van der Waals surface area (Å²) in [6, 6.07) is 7.70. The Hall–Kier alpha value is -1.99. The third-order valence-electron chi connectivity index (χ3n) is 2.37. The molecular formula is C12H12BrN5O. The molecule has 0 spiro atoms. The number of nitrogen functional groups attached to an aromatic ring is 1. The predicted octanol–water partition coefficient (Wildman–Crippen LogP) is 1.45. The summed E-state index contributed by atoms with van der Waals surface area (Å²) in [5, 5.41) is 2.77. The largest absolute Gasteiger partial charge is 0.347 e. The fourth-order valence-electron chi connectivity index (χ4n) is 1.44. The molecule has 0 aliphatic heterocycles. The van der Waals surface area contributed by atoms with E-state index in [9.17, 15) is 4.79 Å². The number of nitrogens with one attached hydrogen (secondary N) is 2. The highest BCUT2D eigenvalue weighted by atomic mass is 79.9. The number of anilines is 1. The summed E-state index contributed by atoms with van der Waals surface area (Å²) in [5.41, 5.74) is 3.59. The molecule has 2 aromatic rings. The molecule has 4 N–H and O–H groups in total. The molecule has 0 fully saturated rings. The Morgan fingerprint density at radius 1 is 1.32 bits per heavy atom. The highest BCUT2D eigenvalue weighted by Crippen LogP contribution is 2.11. The monoisotopic (exact) mass is 321 g/mol. The summed E-state index contributed by atoms with van der Waals surface area (Å²) in [5.74, 6) is 5.29. The lowest BCUT2D eigenvalue weighted by Gasteiger charge is -2.05. The van der Waals surface area contributed by atoms with E-state index in [4.69, 9.17) is 5.84 Å². The first-order valence-corrected chi connectivity index (χ1v) is 6.29. The molecule has 19 heavy (non-hydrogen) atoms. The Labute approximate surface area is 118 Å². The zero-order valence-corrected chi connectivity index (χ0v) is 11.5. The van der Waals surface area contributed by atoms with E-state index in [-0.39, 0.29) is 11.6 Å². The fourth-order valence-corrected chi connectivity index (χ4v) is 1.89. The fraction of sp³-hybridized carbons (Fsp3) is 0.0833. The van der Waals surface area contributed by atoms with E-state index in [1.807, 2.05) is 24.3 Å². The Bertz CT molecular complexity index is 573. The summed E-state index contributed by atoms with van der Waals surface area (Å²) in [4.78, 5) is 19.7. The summed E-state index contributed by atoms with van der Waals surface area (Å²) in [7, 11) is 0. The van der Waals surface area contributed by atoms with Crippen LogP contribution >= 0.6 is 15.9 Å². The smallest absolute Gasteiger partial charge is 0.271 e. The van der Waals surface area contributed by atoms with Crippen molar-refractivity contribution in [2.24, 2.45) is 5.84 Å². The van der Waals surface area contributed by atoms with E-state index in [1.54, 1.807) is 0 Å². The molecule has 0 unspecified atom stereocenters. The van der Waals surface area contributed by atoms with Crippen LogP contribution in [0.4, 0.5) is 5.82 Å². The number of carbonyl (C=O) groups is 1. The van der Waals surface area contributed by atoms with Crippen molar-refractivity contribution in [3.8, 4) is 0 Å². The van der Waals surface area contributed by atoms with Gasteiger partial charge in [0, 0.05) is 11.0 Å². The average molecular weight is 322 g/mol. The van der Waals surface area contributed by atoms with Gasteiger partial charge in [0.05, 0.1) is 12.4 Å². The first kappa shape index (κ1) is 13.4. The van der Waals surface area contributed by atoms with Crippen molar-refractivity contribution in [2.75, 3.05) is 5.43 Å². The first-order chi connectivity index (χ1) is 9.19. The van der Waals surface area contributed by atoms with Gasteiger partial charge in [0.1, 0.15) is 5.69 Å². The lowest BCUT2D eigenvalue weighted by molar-refractivity contribution is 0.0945. The van der Waals surface area contributed by atoms with Crippen molar-refractivity contribution in [3.63, 3.8) is 0 Å². The van der Waals surface area contributed by atoms with Gasteiger partial charge in [-0.3, -0.25) is 4.79 Å². The SMILES string of the molecule is NNc1cnc(C(=O)NCc2cccc(Br)c2)cn1. The Kier molecular flexibility index (Phi) is 4.43. The molecule has 0 radical (unpaired) electrons. The number of rotatable bonds is 4. The molecule has 98 valence electrons. The van der Waals surface area contributed by atoms with Crippen LogP contribution in [0.25, 0.3) is 0 Å². The van der Waals surface area contributed by atoms with Gasteiger partial charge in [-0.1, -0.05) is 28.1 Å². The van der Waals surface area contributed by atoms with Gasteiger partial charge in [-0.05, 0) is 17.7 Å². The lowest BCUT2D eigenvalue weighted by atomic mass is 10.2. The number of hydrazine groups is 1. The molecule has 0 saturated heterocycles. The number of aromatic nitrogens is 2. The standard InChI is InChI=1S/C12H12BrN5O/c13-9-3-1-2-8(4-9)5-17-12(19)10-6-16-11(18-14)7-15-10/h1-4,6-7H,5,14H2,(H,16,18)(H,17,19). The quantitative estimate of drug-likeness (QED) is 0.585. The maximum Gasteiger partial charge on any atom is 0.271 e. The second-order valence-corrected chi connectivity index (χ2v) is 4.66. The van der Waals surface area contributed by atoms with Crippen LogP contribution in [0.15, 0.2) is 41.1 Å². The maximum atomic E-state index is 11.8. The van der Waals surface area contributed by atoms with Crippen LogP contribution in [0.5, 0.6) is 0 Å². The van der Waals surface area contributed by atoms with Crippen LogP contribution < -0.4 is 16.6 Å². The molecule has 0 saturated carbocycles. The van der Waals surface area contributed by atoms with Crippen LogP contribution in [-0.2, 0) is 6.54 Å². The molecule has 1 aromatic carbocycles. The van der Waals surface area contributed by atoms with Gasteiger partial charge in [0.15, 0.2) is 5.82 Å². The summed E-state index contributed by atoms with van der Waals surface area (Å²) in [6.07, 6.45) is 2.76. The van der Waals surface area contributed by atoms with Gasteiger partial charge in [0.25, 0.3) is 5.91 Å². The van der Waals surface area contributed by atoms with Crippen LogP contribution in [0.3, 0.4) is 0 Å². The molecule has 1 heterocycles. The minimum Gasteiger partial charge on any atom is -0.347 e. The normalized spacial score (nSPS) is 10.0. The Morgan fingerprint density at radius 2 is 2.16 bits per heavy atom. The number of halogens is 1. The highest BCUT2D eigenvalue weighted by Gasteiger charge is 2.07. The molecule has 2 rings (SSSR count).